The van der Waals surface area contributed by atoms with Gasteiger partial charge in [-0.2, -0.15) is 4.98 Å². The van der Waals surface area contributed by atoms with Crippen molar-refractivity contribution >= 4 is 17.5 Å². The molecule has 0 radical (unpaired) electrons. The summed E-state index contributed by atoms with van der Waals surface area (Å²) in [7, 11) is 1.67. The quantitative estimate of drug-likeness (QED) is 0.368. The van der Waals surface area contributed by atoms with Gasteiger partial charge in [0.15, 0.2) is 5.82 Å². The van der Waals surface area contributed by atoms with Gasteiger partial charge in [-0.05, 0) is 48.7 Å². The van der Waals surface area contributed by atoms with Crippen molar-refractivity contribution in [2.24, 2.45) is 0 Å². The van der Waals surface area contributed by atoms with Gasteiger partial charge in [-0.3, -0.25) is 0 Å². The third kappa shape index (κ3) is 4.40. The van der Waals surface area contributed by atoms with Gasteiger partial charge in [0.05, 0.1) is 17.6 Å². The zero-order chi connectivity index (χ0) is 22.5. The van der Waals surface area contributed by atoms with Crippen LogP contribution in [0.5, 0.6) is 0 Å². The Morgan fingerprint density at radius 3 is 2.52 bits per heavy atom. The van der Waals surface area contributed by atoms with Crippen molar-refractivity contribution in [1.82, 2.24) is 25.1 Å². The Bertz CT molecular complexity index is 1170. The van der Waals surface area contributed by atoms with E-state index in [1.54, 1.807) is 31.8 Å². The fraction of sp³-hybridized carbons (Fsp3) is 0.292. The Morgan fingerprint density at radius 1 is 1.03 bits per heavy atom. The van der Waals surface area contributed by atoms with Crippen LogP contribution >= 0.6 is 0 Å². The molecule has 1 aromatic carbocycles. The molecule has 9 heteroatoms. The molecule has 4 aromatic rings. The molecule has 0 saturated heterocycles. The van der Waals surface area contributed by atoms with E-state index in [1.807, 2.05) is 24.3 Å². The van der Waals surface area contributed by atoms with Crippen molar-refractivity contribution in [2.75, 3.05) is 30.9 Å². The van der Waals surface area contributed by atoms with E-state index in [4.69, 9.17) is 14.2 Å². The lowest BCUT2D eigenvalue weighted by molar-refractivity contribution is 0.210. The third-order valence-corrected chi connectivity index (χ3v) is 5.94. The first-order valence-electron chi connectivity index (χ1n) is 10.9. The van der Waals surface area contributed by atoms with Crippen molar-refractivity contribution < 1.29 is 9.26 Å². The fourth-order valence-corrected chi connectivity index (χ4v) is 3.98. The summed E-state index contributed by atoms with van der Waals surface area (Å²) >= 11 is 0. The maximum Gasteiger partial charge on any atom is 0.259 e. The summed E-state index contributed by atoms with van der Waals surface area (Å²) in [6.45, 7) is 1.32. The van der Waals surface area contributed by atoms with Gasteiger partial charge >= 0.3 is 0 Å². The highest BCUT2D eigenvalue weighted by atomic mass is 16.5. The molecule has 5 rings (SSSR count). The largest absolute Gasteiger partial charge is 0.383 e. The maximum atomic E-state index is 5.62. The molecular weight excluding hydrogens is 418 g/mol. The second-order valence-electron chi connectivity index (χ2n) is 7.99. The van der Waals surface area contributed by atoms with Crippen LogP contribution in [0, 0.1) is 0 Å². The number of nitrogens with zero attached hydrogens (tertiary/aromatic N) is 5. The standard InChI is InChI=1S/C24H25N7O2/c1-32-15-14-25-20-9-4-17(16-28-20)21-30-22(31-33-21)24(10-2-11-24)18-5-7-19(8-6-18)29-23-26-12-3-13-27-23/h3-9,12-13,16H,2,10-11,14-15H2,1H3,(H,25,28)(H,26,27,29). The normalized spacial score (nSPS) is 14.5. The smallest absolute Gasteiger partial charge is 0.259 e. The summed E-state index contributed by atoms with van der Waals surface area (Å²) < 4.78 is 10.7. The first-order valence-corrected chi connectivity index (χ1v) is 10.9. The molecule has 3 heterocycles. The van der Waals surface area contributed by atoms with Crippen molar-refractivity contribution in [3.05, 3.63) is 72.4 Å². The summed E-state index contributed by atoms with van der Waals surface area (Å²) in [6, 6.07) is 13.9. The van der Waals surface area contributed by atoms with Gasteiger partial charge in [-0.1, -0.05) is 23.7 Å². The Hall–Kier alpha value is -3.85. The molecule has 33 heavy (non-hydrogen) atoms. The average Bonchev–Trinajstić information content (AvgIpc) is 3.31. The predicted molar refractivity (Wildman–Crippen MR) is 124 cm³/mol. The number of ether oxygens (including phenoxy) is 1. The zero-order valence-electron chi connectivity index (χ0n) is 18.4. The van der Waals surface area contributed by atoms with Crippen LogP contribution in [0.4, 0.5) is 17.5 Å². The molecule has 3 aromatic heterocycles. The molecule has 1 aliphatic rings. The number of pyridine rings is 1. The minimum Gasteiger partial charge on any atom is -0.383 e. The fourth-order valence-electron chi connectivity index (χ4n) is 3.98. The third-order valence-electron chi connectivity index (χ3n) is 5.94. The number of nitrogens with one attached hydrogen (secondary N) is 2. The SMILES string of the molecule is COCCNc1ccc(-c2nc(C3(c4ccc(Nc5ncccn5)cc4)CCC3)no2)cn1. The van der Waals surface area contributed by atoms with Crippen molar-refractivity contribution in [3.63, 3.8) is 0 Å². The Morgan fingerprint density at radius 2 is 1.85 bits per heavy atom. The van der Waals surface area contributed by atoms with Crippen LogP contribution in [0.3, 0.4) is 0 Å². The number of benzene rings is 1. The van der Waals surface area contributed by atoms with E-state index in [0.717, 1.165) is 42.2 Å². The highest BCUT2D eigenvalue weighted by molar-refractivity contribution is 5.56. The molecule has 2 N–H and O–H groups in total. The van der Waals surface area contributed by atoms with Gasteiger partial charge in [-0.25, -0.2) is 15.0 Å². The van der Waals surface area contributed by atoms with E-state index in [-0.39, 0.29) is 5.41 Å². The average molecular weight is 444 g/mol. The van der Waals surface area contributed by atoms with E-state index in [2.05, 4.69) is 42.9 Å². The van der Waals surface area contributed by atoms with Crippen molar-refractivity contribution in [1.29, 1.82) is 0 Å². The maximum absolute atomic E-state index is 5.62. The highest BCUT2D eigenvalue weighted by Gasteiger charge is 2.44. The number of rotatable bonds is 9. The van der Waals surface area contributed by atoms with E-state index < -0.39 is 0 Å². The van der Waals surface area contributed by atoms with Gasteiger partial charge < -0.3 is 19.9 Å². The van der Waals surface area contributed by atoms with E-state index in [0.29, 0.717) is 25.0 Å². The van der Waals surface area contributed by atoms with Crippen LogP contribution in [0.25, 0.3) is 11.5 Å². The number of anilines is 3. The van der Waals surface area contributed by atoms with Crippen LogP contribution < -0.4 is 10.6 Å². The first-order chi connectivity index (χ1) is 16.3. The summed E-state index contributed by atoms with van der Waals surface area (Å²) in [4.78, 5) is 17.6. The first kappa shape index (κ1) is 21.0. The highest BCUT2D eigenvalue weighted by Crippen LogP contribution is 2.48. The molecule has 1 aliphatic carbocycles. The van der Waals surface area contributed by atoms with Crippen molar-refractivity contribution in [3.8, 4) is 11.5 Å². The van der Waals surface area contributed by atoms with Crippen LogP contribution in [0.1, 0.15) is 30.7 Å². The van der Waals surface area contributed by atoms with Crippen LogP contribution in [0.15, 0.2) is 65.6 Å². The minimum absolute atomic E-state index is 0.224. The molecule has 0 amide bonds. The molecular formula is C24H25N7O2. The molecule has 1 saturated carbocycles. The second-order valence-corrected chi connectivity index (χ2v) is 7.99. The number of methoxy groups -OCH3 is 1. The molecule has 0 bridgehead atoms. The molecule has 0 atom stereocenters. The summed E-state index contributed by atoms with van der Waals surface area (Å²) in [5, 5.41) is 10.8. The zero-order valence-corrected chi connectivity index (χ0v) is 18.4. The van der Waals surface area contributed by atoms with Gasteiger partial charge in [0.1, 0.15) is 5.82 Å². The Kier molecular flexibility index (Phi) is 5.95. The molecule has 0 spiro atoms. The summed E-state index contributed by atoms with van der Waals surface area (Å²) in [5.74, 6) is 2.55. The molecule has 0 unspecified atom stereocenters. The Balaban J connectivity index is 1.32. The monoisotopic (exact) mass is 443 g/mol. The van der Waals surface area contributed by atoms with Crippen LogP contribution in [0.2, 0.25) is 0 Å². The van der Waals surface area contributed by atoms with E-state index >= 15 is 0 Å². The van der Waals surface area contributed by atoms with Gasteiger partial charge in [0.25, 0.3) is 5.89 Å². The van der Waals surface area contributed by atoms with Gasteiger partial charge in [0.2, 0.25) is 5.95 Å². The number of hydrogen-bond acceptors (Lipinski definition) is 9. The minimum atomic E-state index is -0.224. The molecule has 0 aliphatic heterocycles. The lowest BCUT2D eigenvalue weighted by Gasteiger charge is -2.39. The number of aromatic nitrogens is 5. The summed E-state index contributed by atoms with van der Waals surface area (Å²) in [5.41, 5.74) is 2.68. The topological polar surface area (TPSA) is 111 Å². The van der Waals surface area contributed by atoms with E-state index in [9.17, 15) is 0 Å². The molecule has 168 valence electrons. The van der Waals surface area contributed by atoms with Crippen LogP contribution in [-0.2, 0) is 10.2 Å². The second kappa shape index (κ2) is 9.33. The lowest BCUT2D eigenvalue weighted by atomic mass is 9.64. The number of hydrogen-bond donors (Lipinski definition) is 2. The van der Waals surface area contributed by atoms with Crippen molar-refractivity contribution in [2.45, 2.75) is 24.7 Å². The predicted octanol–water partition coefficient (Wildman–Crippen LogP) is 4.19. The van der Waals surface area contributed by atoms with Gasteiger partial charge in [0, 0.05) is 37.9 Å². The van der Waals surface area contributed by atoms with E-state index in [1.165, 1.54) is 5.56 Å². The Labute approximate surface area is 191 Å². The summed E-state index contributed by atoms with van der Waals surface area (Å²) in [6.07, 6.45) is 8.27. The molecule has 1 fully saturated rings. The van der Waals surface area contributed by atoms with Gasteiger partial charge in [-0.15, -0.1) is 0 Å². The van der Waals surface area contributed by atoms with Crippen LogP contribution in [-0.4, -0.2) is 45.4 Å². The molecule has 9 nitrogen and oxygen atoms in total. The lowest BCUT2D eigenvalue weighted by Crippen LogP contribution is -2.36.